The lowest BCUT2D eigenvalue weighted by Gasteiger charge is -2.01. The summed E-state index contributed by atoms with van der Waals surface area (Å²) in [7, 11) is -0.575. The molecule has 0 saturated heterocycles. The lowest BCUT2D eigenvalue weighted by atomic mass is 10.1. The van der Waals surface area contributed by atoms with E-state index in [2.05, 4.69) is 30.4 Å². The summed E-state index contributed by atoms with van der Waals surface area (Å²) < 4.78 is 5.28. The zero-order chi connectivity index (χ0) is 9.97. The maximum absolute atomic E-state index is 5.28. The lowest BCUT2D eigenvalue weighted by Crippen LogP contribution is -2.22. The van der Waals surface area contributed by atoms with Gasteiger partial charge >= 0.3 is 0 Å². The quantitative estimate of drug-likeness (QED) is 0.698. The second-order valence-corrected chi connectivity index (χ2v) is 5.89. The summed E-state index contributed by atoms with van der Waals surface area (Å²) in [5.41, 5.74) is 2.33. The third-order valence-electron chi connectivity index (χ3n) is 2.11. The van der Waals surface area contributed by atoms with Crippen LogP contribution in [-0.4, -0.2) is 14.0 Å². The summed E-state index contributed by atoms with van der Waals surface area (Å²) in [5, 5.41) is 4.93. The molecule has 0 amide bonds. The minimum atomic E-state index is -0.575. The van der Waals surface area contributed by atoms with Crippen LogP contribution in [0.3, 0.4) is 0 Å². The van der Waals surface area contributed by atoms with Crippen LogP contribution < -0.4 is 5.38 Å². The van der Waals surface area contributed by atoms with Crippen molar-refractivity contribution < 1.29 is 4.52 Å². The van der Waals surface area contributed by atoms with Gasteiger partial charge in [0.05, 0.1) is 6.20 Å². The van der Waals surface area contributed by atoms with Gasteiger partial charge in [0.1, 0.15) is 14.2 Å². The Morgan fingerprint density at radius 1 is 1.14 bits per heavy atom. The maximum atomic E-state index is 5.28. The van der Waals surface area contributed by atoms with E-state index in [1.54, 1.807) is 0 Å². The van der Waals surface area contributed by atoms with Gasteiger partial charge < -0.3 is 4.52 Å². The molecule has 1 aromatic carbocycles. The molecule has 71 valence electrons. The molecule has 1 aromatic heterocycles. The fraction of sp³-hybridized carbons (Fsp3) is 0.182. The maximum Gasteiger partial charge on any atom is 0.132 e. The highest BCUT2D eigenvalue weighted by Crippen LogP contribution is 2.16. The Morgan fingerprint density at radius 2 is 1.86 bits per heavy atom. The number of hydrogen-bond donors (Lipinski definition) is 0. The van der Waals surface area contributed by atoms with E-state index in [9.17, 15) is 0 Å². The lowest BCUT2D eigenvalue weighted by molar-refractivity contribution is 0.444. The Balaban J connectivity index is 2.47. The molecule has 3 heteroatoms. The van der Waals surface area contributed by atoms with Crippen LogP contribution in [0.15, 0.2) is 41.1 Å². The molecule has 0 fully saturated rings. The monoisotopic (exact) mass is 202 g/mol. The zero-order valence-corrected chi connectivity index (χ0v) is 9.32. The summed E-state index contributed by atoms with van der Waals surface area (Å²) >= 11 is 0. The van der Waals surface area contributed by atoms with Crippen molar-refractivity contribution in [1.29, 1.82) is 0 Å². The molecule has 0 bridgehead atoms. The number of hydrogen-bond acceptors (Lipinski definition) is 2. The average molecular weight is 202 g/mol. The van der Waals surface area contributed by atoms with Crippen LogP contribution >= 0.6 is 0 Å². The molecule has 2 nitrogen and oxygen atoms in total. The zero-order valence-electron chi connectivity index (χ0n) is 8.32. The fourth-order valence-corrected chi connectivity index (χ4v) is 2.41. The smallest absolute Gasteiger partial charge is 0.132 e. The molecule has 0 saturated carbocycles. The summed E-state index contributed by atoms with van der Waals surface area (Å²) in [6, 6.07) is 10.2. The van der Waals surface area contributed by atoms with Gasteiger partial charge in [0.2, 0.25) is 0 Å². The van der Waals surface area contributed by atoms with E-state index in [0.29, 0.717) is 0 Å². The first-order valence-electron chi connectivity index (χ1n) is 4.59. The summed E-state index contributed by atoms with van der Waals surface area (Å²) in [4.78, 5) is 0. The van der Waals surface area contributed by atoms with E-state index >= 15 is 0 Å². The van der Waals surface area contributed by atoms with Gasteiger partial charge in [-0.2, -0.15) is 0 Å². The van der Waals surface area contributed by atoms with Crippen LogP contribution in [0, 0.1) is 0 Å². The fourth-order valence-electron chi connectivity index (χ4n) is 1.42. The molecule has 0 aliphatic heterocycles. The predicted molar refractivity (Wildman–Crippen MR) is 59.1 cm³/mol. The molecule has 0 unspecified atom stereocenters. The van der Waals surface area contributed by atoms with Crippen molar-refractivity contribution in [3.8, 4) is 11.1 Å². The van der Waals surface area contributed by atoms with Crippen LogP contribution in [0.1, 0.15) is 0 Å². The van der Waals surface area contributed by atoms with Gasteiger partial charge in [-0.15, -0.1) is 0 Å². The van der Waals surface area contributed by atoms with Crippen LogP contribution in [0.2, 0.25) is 13.1 Å². The van der Waals surface area contributed by atoms with Gasteiger partial charge in [-0.3, -0.25) is 0 Å². The normalized spacial score (nSPS) is 10.8. The topological polar surface area (TPSA) is 26.0 Å². The van der Waals surface area contributed by atoms with Crippen molar-refractivity contribution in [1.82, 2.24) is 5.16 Å². The Bertz CT molecular complexity index is 408. The molecule has 2 rings (SSSR count). The Morgan fingerprint density at radius 3 is 2.50 bits per heavy atom. The summed E-state index contributed by atoms with van der Waals surface area (Å²) in [6.07, 6.45) is 1.81. The third kappa shape index (κ3) is 1.63. The number of nitrogens with zero attached hydrogens (tertiary/aromatic N) is 1. The number of rotatable bonds is 2. The highest BCUT2D eigenvalue weighted by atomic mass is 28.3. The molecular formula is C11H12NOSi. The molecular weight excluding hydrogens is 190 g/mol. The SMILES string of the molecule is C[Si](C)c1oncc1-c1ccccc1. The van der Waals surface area contributed by atoms with E-state index in [1.165, 1.54) is 5.56 Å². The van der Waals surface area contributed by atoms with E-state index < -0.39 is 8.80 Å². The van der Waals surface area contributed by atoms with Crippen LogP contribution in [0.5, 0.6) is 0 Å². The minimum absolute atomic E-state index is 0.575. The third-order valence-corrected chi connectivity index (χ3v) is 3.38. The Hall–Kier alpha value is -1.35. The van der Waals surface area contributed by atoms with E-state index in [1.807, 2.05) is 24.4 Å². The molecule has 0 spiro atoms. The van der Waals surface area contributed by atoms with Gasteiger partial charge in [0.25, 0.3) is 0 Å². The number of aromatic nitrogens is 1. The average Bonchev–Trinajstić information content (AvgIpc) is 2.67. The first-order chi connectivity index (χ1) is 6.79. The second-order valence-electron chi connectivity index (χ2n) is 3.43. The van der Waals surface area contributed by atoms with Crippen LogP contribution in [0.4, 0.5) is 0 Å². The van der Waals surface area contributed by atoms with Crippen molar-refractivity contribution >= 4 is 14.2 Å². The summed E-state index contributed by atoms with van der Waals surface area (Å²) in [6.45, 7) is 4.41. The van der Waals surface area contributed by atoms with Crippen molar-refractivity contribution in [2.45, 2.75) is 13.1 Å². The van der Waals surface area contributed by atoms with Crippen molar-refractivity contribution in [3.63, 3.8) is 0 Å². The molecule has 0 aliphatic carbocycles. The second kappa shape index (κ2) is 3.80. The van der Waals surface area contributed by atoms with E-state index in [-0.39, 0.29) is 0 Å². The molecule has 14 heavy (non-hydrogen) atoms. The van der Waals surface area contributed by atoms with Crippen molar-refractivity contribution in [2.24, 2.45) is 0 Å². The molecule has 0 N–H and O–H groups in total. The van der Waals surface area contributed by atoms with Gasteiger partial charge in [0.15, 0.2) is 0 Å². The molecule has 1 heterocycles. The van der Waals surface area contributed by atoms with Gasteiger partial charge in [-0.1, -0.05) is 48.6 Å². The molecule has 2 aromatic rings. The minimum Gasteiger partial charge on any atom is -0.366 e. The van der Waals surface area contributed by atoms with Gasteiger partial charge in [-0.05, 0) is 5.56 Å². The van der Waals surface area contributed by atoms with Crippen molar-refractivity contribution in [3.05, 3.63) is 36.5 Å². The van der Waals surface area contributed by atoms with Crippen LogP contribution in [0.25, 0.3) is 11.1 Å². The standard InChI is InChI=1S/C11H12NOSi/c1-14(2)11-10(8-12-13-11)9-6-4-3-5-7-9/h3-8H,1-2H3. The van der Waals surface area contributed by atoms with Gasteiger partial charge in [-0.25, -0.2) is 0 Å². The largest absolute Gasteiger partial charge is 0.366 e. The van der Waals surface area contributed by atoms with Crippen molar-refractivity contribution in [2.75, 3.05) is 0 Å². The van der Waals surface area contributed by atoms with E-state index in [4.69, 9.17) is 4.52 Å². The Labute approximate surface area is 85.2 Å². The van der Waals surface area contributed by atoms with Crippen LogP contribution in [-0.2, 0) is 0 Å². The highest BCUT2D eigenvalue weighted by molar-refractivity contribution is 6.70. The highest BCUT2D eigenvalue weighted by Gasteiger charge is 2.14. The van der Waals surface area contributed by atoms with Gasteiger partial charge in [0, 0.05) is 5.56 Å². The van der Waals surface area contributed by atoms with E-state index in [0.717, 1.165) is 10.9 Å². The molecule has 0 aliphatic rings. The Kier molecular flexibility index (Phi) is 2.50. The predicted octanol–water partition coefficient (Wildman–Crippen LogP) is 2.30. The molecule has 1 radical (unpaired) electrons. The first-order valence-corrected chi connectivity index (χ1v) is 7.09. The molecule has 0 atom stereocenters. The summed E-state index contributed by atoms with van der Waals surface area (Å²) in [5.74, 6) is 0. The first kappa shape index (κ1) is 9.21. The number of benzene rings is 1.